The quantitative estimate of drug-likeness (QED) is 0.255. The van der Waals surface area contributed by atoms with E-state index in [0.29, 0.717) is 24.9 Å². The van der Waals surface area contributed by atoms with Gasteiger partial charge in [0.1, 0.15) is 5.82 Å². The van der Waals surface area contributed by atoms with Gasteiger partial charge in [0.25, 0.3) is 0 Å². The first-order valence-electron chi connectivity index (χ1n) is 9.37. The van der Waals surface area contributed by atoms with Gasteiger partial charge in [-0.25, -0.2) is 9.37 Å². The molecule has 0 amide bonds. The first-order valence-corrected chi connectivity index (χ1v) is 9.37. The summed E-state index contributed by atoms with van der Waals surface area (Å²) < 4.78 is 18.8. The van der Waals surface area contributed by atoms with Crippen molar-refractivity contribution in [2.45, 2.75) is 32.9 Å². The summed E-state index contributed by atoms with van der Waals surface area (Å²) in [4.78, 5) is 11.7. The lowest BCUT2D eigenvalue weighted by Crippen LogP contribution is -2.37. The van der Waals surface area contributed by atoms with Crippen LogP contribution in [-0.4, -0.2) is 35.6 Å². The Kier molecular flexibility index (Phi) is 8.69. The van der Waals surface area contributed by atoms with Gasteiger partial charge in [0.2, 0.25) is 5.88 Å². The maximum Gasteiger partial charge on any atom is 0.213 e. The Morgan fingerprint density at radius 3 is 2.76 bits per heavy atom. The molecule has 0 saturated heterocycles. The summed E-state index contributed by atoms with van der Waals surface area (Å²) >= 11 is 0. The van der Waals surface area contributed by atoms with Crippen molar-refractivity contribution < 1.29 is 9.13 Å². The molecule has 0 fully saturated rings. The molecule has 2 heterocycles. The second-order valence-electron chi connectivity index (χ2n) is 6.78. The molecule has 3 N–H and O–H groups in total. The Balaban J connectivity index is 0.00000300. The van der Waals surface area contributed by atoms with E-state index in [1.807, 2.05) is 38.2 Å². The van der Waals surface area contributed by atoms with Crippen molar-refractivity contribution in [3.8, 4) is 5.88 Å². The molecule has 8 heteroatoms. The van der Waals surface area contributed by atoms with Crippen molar-refractivity contribution in [2.24, 2.45) is 4.99 Å². The molecule has 29 heavy (non-hydrogen) atoms. The number of benzene rings is 1. The van der Waals surface area contributed by atoms with Gasteiger partial charge in [0.15, 0.2) is 5.96 Å². The zero-order valence-corrected chi connectivity index (χ0v) is 19.2. The van der Waals surface area contributed by atoms with Crippen LogP contribution in [0.15, 0.2) is 47.7 Å². The maximum atomic E-state index is 13.3. The Morgan fingerprint density at radius 1 is 1.24 bits per heavy atom. The summed E-state index contributed by atoms with van der Waals surface area (Å²) in [5, 5.41) is 7.61. The van der Waals surface area contributed by atoms with Crippen LogP contribution in [0.4, 0.5) is 4.39 Å². The molecule has 0 radical (unpaired) electrons. The number of nitrogens with one attached hydrogen (secondary N) is 3. The Morgan fingerprint density at radius 2 is 2.07 bits per heavy atom. The zero-order chi connectivity index (χ0) is 19.9. The van der Waals surface area contributed by atoms with Crippen molar-refractivity contribution >= 4 is 40.8 Å². The molecular formula is C21H27FIN5O. The molecular weight excluding hydrogens is 484 g/mol. The van der Waals surface area contributed by atoms with E-state index < -0.39 is 0 Å². The third-order valence-corrected chi connectivity index (χ3v) is 4.25. The monoisotopic (exact) mass is 511 g/mol. The van der Waals surface area contributed by atoms with E-state index in [0.717, 1.165) is 28.5 Å². The molecule has 0 saturated carbocycles. The molecule has 3 rings (SSSR count). The lowest BCUT2D eigenvalue weighted by Gasteiger charge is -2.12. The standard InChI is InChI=1S/C21H26FN5O.HI/c1-14(2)28-20-7-4-15(11-26-20)12-27-21(23-3)24-9-8-16-13-25-19-10-17(22)5-6-18(16)19;/h4-7,10-11,13-14,25H,8-9,12H2,1-3H3,(H2,23,24,27);1H. The molecule has 0 aliphatic rings. The largest absolute Gasteiger partial charge is 0.475 e. The number of ether oxygens (including phenoxy) is 1. The van der Waals surface area contributed by atoms with Gasteiger partial charge in [-0.2, -0.15) is 0 Å². The number of hydrogen-bond acceptors (Lipinski definition) is 3. The van der Waals surface area contributed by atoms with Crippen molar-refractivity contribution in [1.29, 1.82) is 0 Å². The normalized spacial score (nSPS) is 11.4. The molecule has 0 aliphatic carbocycles. The number of fused-ring (bicyclic) bond motifs is 1. The SMILES string of the molecule is CN=C(NCCc1c[nH]c2cc(F)ccc12)NCc1ccc(OC(C)C)nc1.I. The number of pyridine rings is 1. The van der Waals surface area contributed by atoms with Crippen LogP contribution in [0.5, 0.6) is 5.88 Å². The van der Waals surface area contributed by atoms with Crippen molar-refractivity contribution in [3.63, 3.8) is 0 Å². The lowest BCUT2D eigenvalue weighted by molar-refractivity contribution is 0.232. The topological polar surface area (TPSA) is 74.3 Å². The Hall–Kier alpha value is -2.36. The molecule has 156 valence electrons. The lowest BCUT2D eigenvalue weighted by atomic mass is 10.1. The fourth-order valence-electron chi connectivity index (χ4n) is 2.91. The fraction of sp³-hybridized carbons (Fsp3) is 0.333. The van der Waals surface area contributed by atoms with E-state index in [9.17, 15) is 4.39 Å². The molecule has 0 atom stereocenters. The highest BCUT2D eigenvalue weighted by Crippen LogP contribution is 2.19. The van der Waals surface area contributed by atoms with Crippen LogP contribution in [0.25, 0.3) is 10.9 Å². The van der Waals surface area contributed by atoms with Crippen LogP contribution in [0.1, 0.15) is 25.0 Å². The zero-order valence-electron chi connectivity index (χ0n) is 16.8. The van der Waals surface area contributed by atoms with E-state index in [-0.39, 0.29) is 35.9 Å². The van der Waals surface area contributed by atoms with Gasteiger partial charge in [-0.15, -0.1) is 24.0 Å². The number of aliphatic imine (C=N–C) groups is 1. The molecule has 3 aromatic rings. The van der Waals surface area contributed by atoms with Crippen molar-refractivity contribution in [2.75, 3.05) is 13.6 Å². The third-order valence-electron chi connectivity index (χ3n) is 4.25. The minimum absolute atomic E-state index is 0. The highest BCUT2D eigenvalue weighted by atomic mass is 127. The number of guanidine groups is 1. The van der Waals surface area contributed by atoms with Gasteiger partial charge in [-0.05, 0) is 49.6 Å². The molecule has 0 unspecified atom stereocenters. The van der Waals surface area contributed by atoms with E-state index in [1.165, 1.54) is 12.1 Å². The second kappa shape index (κ2) is 11.0. The number of H-pyrrole nitrogens is 1. The van der Waals surface area contributed by atoms with Crippen molar-refractivity contribution in [3.05, 3.63) is 59.7 Å². The molecule has 6 nitrogen and oxygen atoms in total. The molecule has 2 aromatic heterocycles. The number of aromatic nitrogens is 2. The highest BCUT2D eigenvalue weighted by Gasteiger charge is 2.06. The third kappa shape index (κ3) is 6.59. The van der Waals surface area contributed by atoms with Crippen molar-refractivity contribution in [1.82, 2.24) is 20.6 Å². The number of nitrogens with zero attached hydrogens (tertiary/aromatic N) is 2. The Bertz CT molecular complexity index is 940. The van der Waals surface area contributed by atoms with E-state index in [2.05, 4.69) is 25.6 Å². The van der Waals surface area contributed by atoms with Gasteiger partial charge < -0.3 is 20.4 Å². The number of halogens is 2. The maximum absolute atomic E-state index is 13.3. The first kappa shape index (κ1) is 22.9. The van der Waals surface area contributed by atoms with Crippen LogP contribution in [0.3, 0.4) is 0 Å². The first-order chi connectivity index (χ1) is 13.5. The van der Waals surface area contributed by atoms with Gasteiger partial charge in [0.05, 0.1) is 6.10 Å². The second-order valence-corrected chi connectivity index (χ2v) is 6.78. The van der Waals surface area contributed by atoms with Crippen LogP contribution in [0, 0.1) is 5.82 Å². The average molecular weight is 511 g/mol. The predicted molar refractivity (Wildman–Crippen MR) is 126 cm³/mol. The van der Waals surface area contributed by atoms with Crippen LogP contribution in [-0.2, 0) is 13.0 Å². The smallest absolute Gasteiger partial charge is 0.213 e. The van der Waals surface area contributed by atoms with E-state index in [1.54, 1.807) is 13.2 Å². The molecule has 0 spiro atoms. The summed E-state index contributed by atoms with van der Waals surface area (Å²) in [5.41, 5.74) is 3.00. The minimum atomic E-state index is -0.234. The van der Waals surface area contributed by atoms with Gasteiger partial charge in [0, 0.05) is 49.5 Å². The number of rotatable bonds is 7. The number of aromatic amines is 1. The molecule has 1 aromatic carbocycles. The van der Waals surface area contributed by atoms with Gasteiger partial charge in [-0.1, -0.05) is 6.07 Å². The highest BCUT2D eigenvalue weighted by molar-refractivity contribution is 14.0. The van der Waals surface area contributed by atoms with Crippen LogP contribution in [0.2, 0.25) is 0 Å². The number of hydrogen-bond donors (Lipinski definition) is 3. The van der Waals surface area contributed by atoms with E-state index >= 15 is 0 Å². The average Bonchev–Trinajstić information content (AvgIpc) is 3.07. The van der Waals surface area contributed by atoms with Gasteiger partial charge >= 0.3 is 0 Å². The summed E-state index contributed by atoms with van der Waals surface area (Å²) in [6.07, 6.45) is 4.63. The molecule has 0 aliphatic heterocycles. The predicted octanol–water partition coefficient (Wildman–Crippen LogP) is 4.01. The summed E-state index contributed by atoms with van der Waals surface area (Å²) in [7, 11) is 1.74. The Labute approximate surface area is 187 Å². The van der Waals surface area contributed by atoms with Gasteiger partial charge in [-0.3, -0.25) is 4.99 Å². The molecule has 0 bridgehead atoms. The summed E-state index contributed by atoms with van der Waals surface area (Å²) in [6, 6.07) is 8.66. The summed E-state index contributed by atoms with van der Waals surface area (Å²) in [6.45, 7) is 5.27. The van der Waals surface area contributed by atoms with Crippen LogP contribution < -0.4 is 15.4 Å². The van der Waals surface area contributed by atoms with Crippen LogP contribution >= 0.6 is 24.0 Å². The fourth-order valence-corrected chi connectivity index (χ4v) is 2.91. The van der Waals surface area contributed by atoms with E-state index in [4.69, 9.17) is 4.74 Å². The minimum Gasteiger partial charge on any atom is -0.475 e. The summed E-state index contributed by atoms with van der Waals surface area (Å²) in [5.74, 6) is 1.11.